The molecule has 0 N–H and O–H groups in total. The van der Waals surface area contributed by atoms with Gasteiger partial charge in [-0.15, -0.1) is 22.7 Å². The highest BCUT2D eigenvalue weighted by atomic mass is 32.2. The lowest BCUT2D eigenvalue weighted by atomic mass is 9.55. The molecule has 0 amide bonds. The summed E-state index contributed by atoms with van der Waals surface area (Å²) in [6, 6.07) is 118. The van der Waals surface area contributed by atoms with Crippen LogP contribution in [0.2, 0.25) is 0 Å². The summed E-state index contributed by atoms with van der Waals surface area (Å²) in [6.45, 7) is 4.83. The summed E-state index contributed by atoms with van der Waals surface area (Å²) in [5.74, 6) is 2.50. The first kappa shape index (κ1) is 59.6. The van der Waals surface area contributed by atoms with Crippen molar-refractivity contribution < 1.29 is 0 Å². The first-order valence-electron chi connectivity index (χ1n) is 35.5. The van der Waals surface area contributed by atoms with Gasteiger partial charge in [0.05, 0.1) is 22.2 Å². The second-order valence-corrected chi connectivity index (χ2v) is 31.7. The minimum absolute atomic E-state index is 0.260. The molecule has 0 bridgehead atoms. The van der Waals surface area contributed by atoms with Crippen molar-refractivity contribution in [3.63, 3.8) is 0 Å². The van der Waals surface area contributed by atoms with Crippen LogP contribution in [0.15, 0.2) is 331 Å². The molecular weight excluding hydrogens is 1320 g/mol. The average Bonchev–Trinajstić information content (AvgIpc) is 1.44. The van der Waals surface area contributed by atoms with Gasteiger partial charge in [0.2, 0.25) is 0 Å². The molecule has 2 spiro atoms. The molecule has 104 heavy (non-hydrogen) atoms. The van der Waals surface area contributed by atoms with Crippen LogP contribution in [0, 0.1) is 0 Å². The smallest absolute Gasteiger partial charge is 0.164 e. The first-order valence-corrected chi connectivity index (χ1v) is 38.0. The van der Waals surface area contributed by atoms with E-state index in [1.807, 2.05) is 52.6 Å². The van der Waals surface area contributed by atoms with Gasteiger partial charge in [-0.25, -0.2) is 24.9 Å². The van der Waals surface area contributed by atoms with Gasteiger partial charge in [0.1, 0.15) is 0 Å². The van der Waals surface area contributed by atoms with E-state index in [0.29, 0.717) is 23.3 Å². The van der Waals surface area contributed by atoms with E-state index in [-0.39, 0.29) is 5.41 Å². The van der Waals surface area contributed by atoms with Gasteiger partial charge in [0.15, 0.2) is 23.3 Å². The van der Waals surface area contributed by atoms with Crippen LogP contribution >= 0.6 is 34.4 Å². The summed E-state index contributed by atoms with van der Waals surface area (Å²) in [7, 11) is 0. The molecule has 0 fully saturated rings. The van der Waals surface area contributed by atoms with Gasteiger partial charge in [-0.2, -0.15) is 0 Å². The number of fused-ring (bicyclic) bond motifs is 24. The maximum atomic E-state index is 5.53. The van der Waals surface area contributed by atoms with E-state index in [1.54, 1.807) is 0 Å². The van der Waals surface area contributed by atoms with Crippen molar-refractivity contribution in [3.8, 4) is 101 Å². The Morgan fingerprint density at radius 3 is 1.36 bits per heavy atom. The number of thiophene rings is 2. The molecule has 3 aliphatic carbocycles. The molecule has 0 saturated heterocycles. The Morgan fingerprint density at radius 1 is 0.231 bits per heavy atom. The largest absolute Gasteiger partial charge is 0.228 e. The molecule has 14 aromatic carbocycles. The van der Waals surface area contributed by atoms with Crippen LogP contribution in [-0.2, 0) is 16.2 Å². The third-order valence-electron chi connectivity index (χ3n) is 22.7. The fourth-order valence-electron chi connectivity index (χ4n) is 18.1. The lowest BCUT2D eigenvalue weighted by Gasteiger charge is -2.46. The number of benzene rings is 14. The Hall–Kier alpha value is -12.0. The van der Waals surface area contributed by atoms with Crippen LogP contribution in [-0.4, -0.2) is 24.9 Å². The van der Waals surface area contributed by atoms with Crippen LogP contribution in [0.5, 0.6) is 0 Å². The minimum atomic E-state index is -0.484. The zero-order valence-electron chi connectivity index (χ0n) is 56.6. The lowest BCUT2D eigenvalue weighted by molar-refractivity contribution is 0.564. The van der Waals surface area contributed by atoms with Gasteiger partial charge in [-0.1, -0.05) is 286 Å². The van der Waals surface area contributed by atoms with Gasteiger partial charge in [0, 0.05) is 88.9 Å². The Bertz CT molecular complexity index is 6600. The number of hydrogen-bond donors (Lipinski definition) is 0. The molecule has 4 aliphatic rings. The fraction of sp³-hybridized carbons (Fsp3) is 0.0521. The third kappa shape index (κ3) is 8.53. The maximum Gasteiger partial charge on any atom is 0.164 e. The Kier molecular flexibility index (Phi) is 12.9. The van der Waals surface area contributed by atoms with Crippen molar-refractivity contribution in [3.05, 3.63) is 377 Å². The van der Waals surface area contributed by atoms with Gasteiger partial charge < -0.3 is 0 Å². The Labute approximate surface area is 613 Å². The fourth-order valence-corrected chi connectivity index (χ4v) is 21.7. The van der Waals surface area contributed by atoms with Gasteiger partial charge >= 0.3 is 0 Å². The summed E-state index contributed by atoms with van der Waals surface area (Å²) in [4.78, 5) is 29.4. The van der Waals surface area contributed by atoms with E-state index in [2.05, 4.69) is 317 Å². The van der Waals surface area contributed by atoms with E-state index in [4.69, 9.17) is 24.9 Å². The molecule has 0 saturated carbocycles. The molecule has 1 aliphatic heterocycles. The van der Waals surface area contributed by atoms with Gasteiger partial charge in [-0.3, -0.25) is 0 Å². The predicted molar refractivity (Wildman–Crippen MR) is 430 cm³/mol. The van der Waals surface area contributed by atoms with E-state index in [9.17, 15) is 0 Å². The standard InChI is InChI=1S/C96H59N5S3/c1-94(2)76-39-17-18-40-77(76)95(72-35-13-9-29-63(72)64-30-10-14-36-73(64)95)80-51-70-67-33-22-34-68(89(67)104-86(70)53-79(80)94)83-54-82(57-23-5-3-6-24-57)97-90(98-83)59-45-43-56(44-46-59)60-27-21-28-61(49-60)92-99-91(58-25-7-4-8-26-58)100-93(101-92)62-47-48-84-69(50-62)71-52-81-88(55-87(71)102-84)103-85-42-20-19-41-78(85)96(81)74-37-15-11-31-65(74)66-32-12-16-38-75(66)96/h3-55H,1-2H3. The number of hydrogen-bond acceptors (Lipinski definition) is 8. The van der Waals surface area contributed by atoms with Gasteiger partial charge in [-0.05, 0) is 150 Å². The molecule has 8 heteroatoms. The topological polar surface area (TPSA) is 64.5 Å². The van der Waals surface area contributed by atoms with Crippen molar-refractivity contribution >= 4 is 74.8 Å². The average molecular weight is 1380 g/mol. The first-order chi connectivity index (χ1) is 51.2. The third-order valence-corrected chi connectivity index (χ3v) is 26.2. The van der Waals surface area contributed by atoms with Gasteiger partial charge in [0.25, 0.3) is 0 Å². The highest BCUT2D eigenvalue weighted by Gasteiger charge is 2.54. The number of nitrogens with zero attached hydrogens (tertiary/aromatic N) is 5. The van der Waals surface area contributed by atoms with E-state index >= 15 is 0 Å². The summed E-state index contributed by atoms with van der Waals surface area (Å²) < 4.78 is 4.95. The minimum Gasteiger partial charge on any atom is -0.228 e. The van der Waals surface area contributed by atoms with Crippen molar-refractivity contribution in [1.82, 2.24) is 24.9 Å². The van der Waals surface area contributed by atoms with Crippen LogP contribution in [0.25, 0.3) is 142 Å². The molecule has 18 aromatic rings. The molecular formula is C96H59N5S3. The summed E-state index contributed by atoms with van der Waals surface area (Å²) in [5, 5.41) is 4.90. The molecule has 4 aromatic heterocycles. The Morgan fingerprint density at radius 2 is 0.683 bits per heavy atom. The van der Waals surface area contributed by atoms with Crippen LogP contribution < -0.4 is 0 Å². The molecule has 22 rings (SSSR count). The lowest BCUT2D eigenvalue weighted by Crippen LogP contribution is -2.40. The SMILES string of the molecule is CC1(C)c2ccccc2C2(c3ccccc3-c3ccccc32)c2cc3c(cc21)sc1c(-c2cc(-c4ccccc4)nc(-c4ccc(-c5cccc(-c6nc(-c7ccccc7)nc(-c7ccc8sc9cc%10c(cc9c8c7)C7(c8ccccc8S%10)c8ccccc8-c8ccccc87)n6)c5)cc4)n2)cccc13. The summed E-state index contributed by atoms with van der Waals surface area (Å²) >= 11 is 5.61. The van der Waals surface area contributed by atoms with Crippen LogP contribution in [0.3, 0.4) is 0 Å². The second kappa shape index (κ2) is 22.5. The van der Waals surface area contributed by atoms with E-state index in [1.165, 1.54) is 128 Å². The zero-order valence-corrected chi connectivity index (χ0v) is 59.0. The molecule has 0 radical (unpaired) electrons. The monoisotopic (exact) mass is 1380 g/mol. The summed E-state index contributed by atoms with van der Waals surface area (Å²) in [5.41, 5.74) is 27.1. The molecule has 5 heterocycles. The van der Waals surface area contributed by atoms with E-state index in [0.717, 1.165) is 55.9 Å². The quantitative estimate of drug-likeness (QED) is 0.158. The number of aromatic nitrogens is 5. The highest BCUT2D eigenvalue weighted by molar-refractivity contribution is 7.99. The molecule has 5 nitrogen and oxygen atoms in total. The molecule has 0 atom stereocenters. The van der Waals surface area contributed by atoms with Crippen LogP contribution in [0.4, 0.5) is 0 Å². The Balaban J connectivity index is 0.634. The molecule has 486 valence electrons. The van der Waals surface area contributed by atoms with E-state index < -0.39 is 10.8 Å². The van der Waals surface area contributed by atoms with Crippen molar-refractivity contribution in [2.45, 2.75) is 39.9 Å². The normalized spacial score (nSPS) is 14.2. The number of rotatable bonds is 7. The van der Waals surface area contributed by atoms with Crippen molar-refractivity contribution in [1.29, 1.82) is 0 Å². The van der Waals surface area contributed by atoms with Crippen molar-refractivity contribution in [2.75, 3.05) is 0 Å². The highest BCUT2D eigenvalue weighted by Crippen LogP contribution is 2.65. The maximum absolute atomic E-state index is 5.53. The van der Waals surface area contributed by atoms with Crippen molar-refractivity contribution in [2.24, 2.45) is 0 Å². The molecule has 0 unspecified atom stereocenters. The zero-order chi connectivity index (χ0) is 68.6. The second-order valence-electron chi connectivity index (χ2n) is 28.4. The van der Waals surface area contributed by atoms with Crippen LogP contribution in [0.1, 0.15) is 69.5 Å². The predicted octanol–water partition coefficient (Wildman–Crippen LogP) is 24.9. The summed E-state index contributed by atoms with van der Waals surface area (Å²) in [6.07, 6.45) is 0.